The number of thiazole rings is 1. The van der Waals surface area contributed by atoms with Crippen LogP contribution in [0.3, 0.4) is 0 Å². The number of fused-ring (bicyclic) bond motifs is 1. The SMILES string of the molecule is COCCn1c(=NC(=O)c2ccccc2SC)sc2cc(S(C)(=O)=O)ccc21. The minimum absolute atomic E-state index is 0.241. The highest BCUT2D eigenvalue weighted by Gasteiger charge is 2.14. The van der Waals surface area contributed by atoms with Crippen LogP contribution in [0.4, 0.5) is 0 Å². The normalized spacial score (nSPS) is 12.6. The average Bonchev–Trinajstić information content (AvgIpc) is 3.01. The summed E-state index contributed by atoms with van der Waals surface area (Å²) in [5.41, 5.74) is 1.36. The third kappa shape index (κ3) is 4.38. The molecular weight excluding hydrogens is 416 g/mol. The van der Waals surface area contributed by atoms with Gasteiger partial charge in [0.15, 0.2) is 14.6 Å². The van der Waals surface area contributed by atoms with Crippen molar-refractivity contribution in [2.75, 3.05) is 26.2 Å². The van der Waals surface area contributed by atoms with Gasteiger partial charge in [0.2, 0.25) is 0 Å². The van der Waals surface area contributed by atoms with Gasteiger partial charge >= 0.3 is 0 Å². The molecule has 0 spiro atoms. The number of nitrogens with zero attached hydrogens (tertiary/aromatic N) is 2. The molecule has 0 N–H and O–H groups in total. The number of rotatable bonds is 6. The fourth-order valence-electron chi connectivity index (χ4n) is 2.74. The maximum Gasteiger partial charge on any atom is 0.280 e. The lowest BCUT2D eigenvalue weighted by atomic mass is 10.2. The number of carbonyl (C=O) groups excluding carboxylic acids is 1. The van der Waals surface area contributed by atoms with E-state index in [0.29, 0.717) is 23.5 Å². The molecule has 0 saturated carbocycles. The van der Waals surface area contributed by atoms with Crippen LogP contribution in [-0.2, 0) is 21.1 Å². The molecule has 3 aromatic rings. The highest BCUT2D eigenvalue weighted by molar-refractivity contribution is 7.98. The summed E-state index contributed by atoms with van der Waals surface area (Å²) < 4.78 is 31.6. The monoisotopic (exact) mass is 436 g/mol. The van der Waals surface area contributed by atoms with Gasteiger partial charge in [-0.15, -0.1) is 11.8 Å². The third-order valence-electron chi connectivity index (χ3n) is 4.14. The van der Waals surface area contributed by atoms with E-state index >= 15 is 0 Å². The second-order valence-corrected chi connectivity index (χ2v) is 9.92. The second-order valence-electron chi connectivity index (χ2n) is 6.05. The van der Waals surface area contributed by atoms with E-state index in [1.165, 1.54) is 29.4 Å². The molecular formula is C19H20N2O4S3. The van der Waals surface area contributed by atoms with Crippen LogP contribution >= 0.6 is 23.1 Å². The summed E-state index contributed by atoms with van der Waals surface area (Å²) in [6.07, 6.45) is 3.09. The third-order valence-corrected chi connectivity index (χ3v) is 7.08. The largest absolute Gasteiger partial charge is 0.383 e. The minimum Gasteiger partial charge on any atom is -0.383 e. The number of hydrogen-bond acceptors (Lipinski definition) is 6. The maximum absolute atomic E-state index is 12.8. The molecule has 9 heteroatoms. The van der Waals surface area contributed by atoms with E-state index in [1.807, 2.05) is 29.0 Å². The Hall–Kier alpha value is -1.94. The lowest BCUT2D eigenvalue weighted by Crippen LogP contribution is -2.19. The number of ether oxygens (including phenoxy) is 1. The van der Waals surface area contributed by atoms with Crippen LogP contribution in [0.2, 0.25) is 0 Å². The molecule has 0 radical (unpaired) electrons. The summed E-state index contributed by atoms with van der Waals surface area (Å²) >= 11 is 2.78. The zero-order chi connectivity index (χ0) is 20.3. The van der Waals surface area contributed by atoms with Gasteiger partial charge in [0, 0.05) is 24.8 Å². The number of benzene rings is 2. The molecule has 0 atom stereocenters. The summed E-state index contributed by atoms with van der Waals surface area (Å²) in [4.78, 5) is 18.8. The summed E-state index contributed by atoms with van der Waals surface area (Å²) in [6, 6.07) is 12.3. The number of aromatic nitrogens is 1. The smallest absolute Gasteiger partial charge is 0.280 e. The first-order valence-electron chi connectivity index (χ1n) is 8.39. The number of sulfone groups is 1. The van der Waals surface area contributed by atoms with Crippen LogP contribution in [0.15, 0.2) is 57.2 Å². The van der Waals surface area contributed by atoms with Crippen LogP contribution in [0.25, 0.3) is 10.2 Å². The van der Waals surface area contributed by atoms with Gasteiger partial charge in [0.1, 0.15) is 0 Å². The first-order chi connectivity index (χ1) is 13.3. The molecule has 1 aromatic heterocycles. The average molecular weight is 437 g/mol. The van der Waals surface area contributed by atoms with Crippen molar-refractivity contribution in [3.05, 3.63) is 52.8 Å². The quantitative estimate of drug-likeness (QED) is 0.555. The minimum atomic E-state index is -3.32. The van der Waals surface area contributed by atoms with E-state index in [1.54, 1.807) is 31.4 Å². The van der Waals surface area contributed by atoms with Gasteiger partial charge in [0.05, 0.1) is 27.3 Å². The van der Waals surface area contributed by atoms with E-state index in [4.69, 9.17) is 4.74 Å². The van der Waals surface area contributed by atoms with Gasteiger partial charge in [-0.25, -0.2) is 8.42 Å². The van der Waals surface area contributed by atoms with E-state index in [-0.39, 0.29) is 10.8 Å². The molecule has 0 unspecified atom stereocenters. The molecule has 0 aliphatic rings. The Morgan fingerprint density at radius 2 is 2.00 bits per heavy atom. The van der Waals surface area contributed by atoms with Crippen LogP contribution in [0, 0.1) is 0 Å². The van der Waals surface area contributed by atoms with Crippen molar-refractivity contribution in [2.24, 2.45) is 4.99 Å². The number of hydrogen-bond donors (Lipinski definition) is 0. The first-order valence-corrected chi connectivity index (χ1v) is 12.3. The molecule has 28 heavy (non-hydrogen) atoms. The Balaban J connectivity index is 2.17. The molecule has 6 nitrogen and oxygen atoms in total. The van der Waals surface area contributed by atoms with E-state index in [2.05, 4.69) is 4.99 Å². The molecule has 0 fully saturated rings. The Bertz CT molecular complexity index is 1190. The summed E-state index contributed by atoms with van der Waals surface area (Å²) in [7, 11) is -1.71. The maximum atomic E-state index is 12.8. The van der Waals surface area contributed by atoms with Crippen LogP contribution < -0.4 is 4.80 Å². The molecule has 0 aliphatic heterocycles. The number of carbonyl (C=O) groups is 1. The van der Waals surface area contributed by atoms with Crippen LogP contribution in [0.1, 0.15) is 10.4 Å². The Labute approximate surface area is 171 Å². The van der Waals surface area contributed by atoms with Crippen molar-refractivity contribution in [3.63, 3.8) is 0 Å². The Morgan fingerprint density at radius 3 is 2.68 bits per heavy atom. The highest BCUT2D eigenvalue weighted by Crippen LogP contribution is 2.23. The topological polar surface area (TPSA) is 77.7 Å². The van der Waals surface area contributed by atoms with E-state index in [0.717, 1.165) is 15.1 Å². The summed E-state index contributed by atoms with van der Waals surface area (Å²) in [6.45, 7) is 0.952. The van der Waals surface area contributed by atoms with Crippen LogP contribution in [0.5, 0.6) is 0 Å². The van der Waals surface area contributed by atoms with Gasteiger partial charge in [-0.1, -0.05) is 23.5 Å². The molecule has 0 aliphatic carbocycles. The molecule has 0 bridgehead atoms. The van der Waals surface area contributed by atoms with E-state index < -0.39 is 9.84 Å². The predicted octanol–water partition coefficient (Wildman–Crippen LogP) is 3.22. The standard InChI is InChI=1S/C19H20N2O4S3/c1-25-11-10-21-15-9-8-13(28(3,23)24)12-17(15)27-19(21)20-18(22)14-6-4-5-7-16(14)26-2/h4-9,12H,10-11H2,1-3H3. The molecule has 148 valence electrons. The van der Waals surface area contributed by atoms with Crippen molar-refractivity contribution in [3.8, 4) is 0 Å². The van der Waals surface area contributed by atoms with Gasteiger partial charge in [-0.05, 0) is 36.6 Å². The Kier molecular flexibility index (Phi) is 6.39. The van der Waals surface area contributed by atoms with Gasteiger partial charge < -0.3 is 9.30 Å². The van der Waals surface area contributed by atoms with Crippen molar-refractivity contribution in [2.45, 2.75) is 16.3 Å². The van der Waals surface area contributed by atoms with Gasteiger partial charge in [0.25, 0.3) is 5.91 Å². The fraction of sp³-hybridized carbons (Fsp3) is 0.263. The lowest BCUT2D eigenvalue weighted by molar-refractivity contribution is 0.0994. The molecule has 2 aromatic carbocycles. The molecule has 0 saturated heterocycles. The van der Waals surface area contributed by atoms with Crippen molar-refractivity contribution in [1.82, 2.24) is 4.57 Å². The van der Waals surface area contributed by atoms with Crippen LogP contribution in [-0.4, -0.2) is 45.1 Å². The predicted molar refractivity (Wildman–Crippen MR) is 113 cm³/mol. The van der Waals surface area contributed by atoms with Crippen molar-refractivity contribution in [1.29, 1.82) is 0 Å². The summed E-state index contributed by atoms with van der Waals surface area (Å²) in [5.74, 6) is -0.328. The first kappa shape index (κ1) is 20.8. The van der Waals surface area contributed by atoms with Gasteiger partial charge in [-0.2, -0.15) is 4.99 Å². The molecule has 3 rings (SSSR count). The number of thioether (sulfide) groups is 1. The number of amides is 1. The van der Waals surface area contributed by atoms with Gasteiger partial charge in [-0.3, -0.25) is 4.79 Å². The summed E-state index contributed by atoms with van der Waals surface area (Å²) in [5, 5.41) is 0. The second kappa shape index (κ2) is 8.60. The van der Waals surface area contributed by atoms with E-state index in [9.17, 15) is 13.2 Å². The zero-order valence-corrected chi connectivity index (χ0v) is 18.2. The number of methoxy groups -OCH3 is 1. The van der Waals surface area contributed by atoms with Crippen molar-refractivity contribution < 1.29 is 17.9 Å². The fourth-order valence-corrected chi connectivity index (χ4v) is 5.14. The molecule has 1 heterocycles. The Morgan fingerprint density at radius 1 is 1.25 bits per heavy atom. The lowest BCUT2D eigenvalue weighted by Gasteiger charge is -2.05. The van der Waals surface area contributed by atoms with Crippen molar-refractivity contribution >= 4 is 49.1 Å². The molecule has 1 amide bonds. The zero-order valence-electron chi connectivity index (χ0n) is 15.7. The highest BCUT2D eigenvalue weighted by atomic mass is 32.2.